The number of H-pyrrole nitrogens is 1. The van der Waals surface area contributed by atoms with Gasteiger partial charge in [0, 0.05) is 56.1 Å². The van der Waals surface area contributed by atoms with Gasteiger partial charge in [-0.05, 0) is 107 Å². The van der Waals surface area contributed by atoms with Crippen LogP contribution in [0, 0.1) is 5.92 Å². The number of carbonyl (C=O) groups excluding carboxylic acids is 5. The molecular weight excluding hydrogens is 784 g/mol. The Hall–Kier alpha value is -5.96. The number of para-hydroxylation sites is 1. The second-order valence-corrected chi connectivity index (χ2v) is 16.4. The number of ketones is 1. The predicted molar refractivity (Wildman–Crippen MR) is 225 cm³/mol. The van der Waals surface area contributed by atoms with E-state index < -0.39 is 29.7 Å². The number of halogens is 1. The number of piperazine rings is 1. The summed E-state index contributed by atoms with van der Waals surface area (Å²) in [6, 6.07) is 18.9. The standard InChI is InChI=1S/C45H45ClN8O6/c46-36-25-31(60-30-5-2-1-3-6-30)8-10-33(36)41(56)35-26-47-42-40(35)37(48-27-49-42)23-28-13-17-51(18-14-28)15-4-16-52-19-21-53(22-20-52)29-7-9-32-34(24-29)45(59)54(44(32)58)38-11-12-39(55)50-43(38)57/h1-3,5-10,24-28,38H,4,11-23H2,(H,47,48,49)(H,50,55,57). The normalized spacial score (nSPS) is 19.2. The molecule has 14 nitrogen and oxygen atoms in total. The van der Waals surface area contributed by atoms with E-state index in [2.05, 4.69) is 35.0 Å². The molecule has 60 heavy (non-hydrogen) atoms. The topological polar surface area (TPSA) is 161 Å². The minimum absolute atomic E-state index is 0.0917. The number of anilines is 1. The van der Waals surface area contributed by atoms with Crippen molar-refractivity contribution < 1.29 is 28.7 Å². The average Bonchev–Trinajstić information content (AvgIpc) is 3.80. The maximum atomic E-state index is 13.9. The molecule has 6 heterocycles. The Kier molecular flexibility index (Phi) is 11.2. The Morgan fingerprint density at radius 2 is 1.53 bits per heavy atom. The lowest BCUT2D eigenvalue weighted by Crippen LogP contribution is -2.54. The Balaban J connectivity index is 0.738. The molecule has 2 N–H and O–H groups in total. The SMILES string of the molecule is O=C1CCC(N2C(=O)c3ccc(N4CCN(CCCN5CCC(Cc6ncnc7[nH]cc(C(=O)c8ccc(Oc9ccccc9)cc8Cl)c67)CC5)CC4)cc3C2=O)C(=O)N1. The molecule has 0 radical (unpaired) electrons. The van der Waals surface area contributed by atoms with Crippen molar-refractivity contribution >= 4 is 57.7 Å². The summed E-state index contributed by atoms with van der Waals surface area (Å²) in [6.07, 6.45) is 7.43. The van der Waals surface area contributed by atoms with E-state index in [-0.39, 0.29) is 18.6 Å². The molecule has 4 amide bonds. The van der Waals surface area contributed by atoms with E-state index >= 15 is 0 Å². The van der Waals surface area contributed by atoms with Crippen molar-refractivity contribution in [3.8, 4) is 11.5 Å². The highest BCUT2D eigenvalue weighted by molar-refractivity contribution is 6.35. The van der Waals surface area contributed by atoms with E-state index in [9.17, 15) is 24.0 Å². The number of amides is 4. The highest BCUT2D eigenvalue weighted by atomic mass is 35.5. The van der Waals surface area contributed by atoms with Gasteiger partial charge in [-0.3, -0.25) is 39.1 Å². The molecule has 15 heteroatoms. The summed E-state index contributed by atoms with van der Waals surface area (Å²) < 4.78 is 5.91. The fraction of sp³-hybridized carbons (Fsp3) is 0.356. The van der Waals surface area contributed by atoms with Gasteiger partial charge in [-0.25, -0.2) is 9.97 Å². The first-order valence-corrected chi connectivity index (χ1v) is 21.0. The minimum atomic E-state index is -0.973. The zero-order valence-electron chi connectivity index (χ0n) is 33.1. The number of rotatable bonds is 12. The molecule has 0 saturated carbocycles. The van der Waals surface area contributed by atoms with Crippen LogP contribution in [0.2, 0.25) is 5.02 Å². The lowest BCUT2D eigenvalue weighted by molar-refractivity contribution is -0.136. The molecule has 2 aromatic heterocycles. The van der Waals surface area contributed by atoms with Crippen LogP contribution in [-0.2, 0) is 16.0 Å². The van der Waals surface area contributed by atoms with Crippen molar-refractivity contribution in [2.45, 2.75) is 44.6 Å². The van der Waals surface area contributed by atoms with Crippen molar-refractivity contribution in [3.63, 3.8) is 0 Å². The molecule has 5 aromatic rings. The molecule has 0 bridgehead atoms. The number of nitrogens with one attached hydrogen (secondary N) is 2. The maximum absolute atomic E-state index is 13.9. The number of likely N-dealkylation sites (tertiary alicyclic amines) is 1. The Morgan fingerprint density at radius 1 is 0.783 bits per heavy atom. The Bertz CT molecular complexity index is 2480. The van der Waals surface area contributed by atoms with E-state index in [4.69, 9.17) is 16.3 Å². The number of imide groups is 2. The van der Waals surface area contributed by atoms with Gasteiger partial charge in [-0.1, -0.05) is 29.8 Å². The smallest absolute Gasteiger partial charge is 0.262 e. The summed E-state index contributed by atoms with van der Waals surface area (Å²) in [5, 5.41) is 3.31. The number of carbonyl (C=O) groups is 5. The summed E-state index contributed by atoms with van der Waals surface area (Å²) in [5.41, 5.74) is 3.89. The number of benzene rings is 3. The molecule has 308 valence electrons. The Labute approximate surface area is 351 Å². The van der Waals surface area contributed by atoms with Gasteiger partial charge < -0.3 is 19.5 Å². The van der Waals surface area contributed by atoms with Crippen LogP contribution < -0.4 is 15.0 Å². The highest BCUT2D eigenvalue weighted by Gasteiger charge is 2.45. The van der Waals surface area contributed by atoms with E-state index in [0.29, 0.717) is 50.3 Å². The van der Waals surface area contributed by atoms with Gasteiger partial charge in [0.05, 0.1) is 32.8 Å². The van der Waals surface area contributed by atoms with Crippen molar-refractivity contribution in [3.05, 3.63) is 112 Å². The molecule has 3 saturated heterocycles. The molecular formula is C45H45ClN8O6. The van der Waals surface area contributed by atoms with Gasteiger partial charge in [-0.2, -0.15) is 0 Å². The third-order valence-electron chi connectivity index (χ3n) is 12.3. The number of hydrogen-bond acceptors (Lipinski definition) is 11. The van der Waals surface area contributed by atoms with E-state index in [1.54, 1.807) is 42.9 Å². The van der Waals surface area contributed by atoms with Crippen molar-refractivity contribution in [1.82, 2.24) is 35.0 Å². The summed E-state index contributed by atoms with van der Waals surface area (Å²) in [7, 11) is 0. The lowest BCUT2D eigenvalue weighted by atomic mass is 9.90. The summed E-state index contributed by atoms with van der Waals surface area (Å²) >= 11 is 6.64. The number of aromatic nitrogens is 3. The molecule has 3 aromatic carbocycles. The monoisotopic (exact) mass is 828 g/mol. The van der Waals surface area contributed by atoms with Crippen LogP contribution in [0.1, 0.15) is 74.4 Å². The first kappa shape index (κ1) is 39.5. The quantitative estimate of drug-likeness (QED) is 0.121. The molecule has 0 aliphatic carbocycles. The van der Waals surface area contributed by atoms with Gasteiger partial charge in [-0.15, -0.1) is 0 Å². The summed E-state index contributed by atoms with van der Waals surface area (Å²) in [6.45, 7) is 7.45. The van der Waals surface area contributed by atoms with E-state index in [1.807, 2.05) is 36.4 Å². The zero-order chi connectivity index (χ0) is 41.3. The van der Waals surface area contributed by atoms with Crippen LogP contribution in [0.25, 0.3) is 11.0 Å². The van der Waals surface area contributed by atoms with Gasteiger partial charge >= 0.3 is 0 Å². The fourth-order valence-corrected chi connectivity index (χ4v) is 9.22. The maximum Gasteiger partial charge on any atom is 0.262 e. The first-order valence-electron chi connectivity index (χ1n) is 20.6. The third-order valence-corrected chi connectivity index (χ3v) is 12.6. The predicted octanol–water partition coefficient (Wildman–Crippen LogP) is 5.50. The number of piperidine rings is 2. The van der Waals surface area contributed by atoms with Crippen molar-refractivity contribution in [2.24, 2.45) is 5.92 Å². The average molecular weight is 829 g/mol. The fourth-order valence-electron chi connectivity index (χ4n) is 8.97. The largest absolute Gasteiger partial charge is 0.457 e. The first-order chi connectivity index (χ1) is 29.2. The number of fused-ring (bicyclic) bond motifs is 2. The highest BCUT2D eigenvalue weighted by Crippen LogP contribution is 2.33. The minimum Gasteiger partial charge on any atom is -0.457 e. The molecule has 9 rings (SSSR count). The van der Waals surface area contributed by atoms with Gasteiger partial charge in [0.15, 0.2) is 5.78 Å². The molecule has 1 atom stereocenters. The number of aromatic amines is 1. The number of ether oxygens (including phenoxy) is 1. The summed E-state index contributed by atoms with van der Waals surface area (Å²) in [5.74, 6) is -0.492. The van der Waals surface area contributed by atoms with Gasteiger partial charge in [0.2, 0.25) is 11.8 Å². The van der Waals surface area contributed by atoms with Gasteiger partial charge in [0.25, 0.3) is 11.8 Å². The summed E-state index contributed by atoms with van der Waals surface area (Å²) in [4.78, 5) is 84.9. The second kappa shape index (κ2) is 17.0. The van der Waals surface area contributed by atoms with Crippen LogP contribution in [0.15, 0.2) is 79.3 Å². The van der Waals surface area contributed by atoms with Crippen LogP contribution in [0.5, 0.6) is 11.5 Å². The second-order valence-electron chi connectivity index (χ2n) is 16.0. The lowest BCUT2D eigenvalue weighted by Gasteiger charge is -2.37. The molecule has 3 fully saturated rings. The zero-order valence-corrected chi connectivity index (χ0v) is 33.8. The molecule has 4 aliphatic rings. The van der Waals surface area contributed by atoms with Crippen molar-refractivity contribution in [2.75, 3.05) is 57.3 Å². The third kappa shape index (κ3) is 8.02. The van der Waals surface area contributed by atoms with Crippen LogP contribution >= 0.6 is 11.6 Å². The number of hydrogen-bond donors (Lipinski definition) is 2. The molecule has 0 spiro atoms. The van der Waals surface area contributed by atoms with Crippen LogP contribution in [0.3, 0.4) is 0 Å². The van der Waals surface area contributed by atoms with Gasteiger partial charge in [0.1, 0.15) is 29.5 Å². The number of nitrogens with zero attached hydrogens (tertiary/aromatic N) is 6. The van der Waals surface area contributed by atoms with Crippen molar-refractivity contribution in [1.29, 1.82) is 0 Å². The van der Waals surface area contributed by atoms with E-state index in [0.717, 1.165) is 99.7 Å². The van der Waals surface area contributed by atoms with E-state index in [1.165, 1.54) is 0 Å². The van der Waals surface area contributed by atoms with Crippen LogP contribution in [0.4, 0.5) is 5.69 Å². The van der Waals surface area contributed by atoms with Crippen LogP contribution in [-0.4, -0.2) is 117 Å². The molecule has 1 unspecified atom stereocenters. The molecule has 4 aliphatic heterocycles. The Morgan fingerprint density at radius 3 is 2.28 bits per heavy atom.